The molecule has 22 heavy (non-hydrogen) atoms. The number of hydrazone groups is 1. The van der Waals surface area contributed by atoms with Gasteiger partial charge in [0.2, 0.25) is 0 Å². The zero-order chi connectivity index (χ0) is 16.2. The zero-order valence-electron chi connectivity index (χ0n) is 12.6. The van der Waals surface area contributed by atoms with Crippen LogP contribution in [0.4, 0.5) is 4.79 Å². The highest BCUT2D eigenvalue weighted by Crippen LogP contribution is 2.24. The first-order chi connectivity index (χ1) is 10.3. The summed E-state index contributed by atoms with van der Waals surface area (Å²) in [5.41, 5.74) is 2.68. The average Bonchev–Trinajstić information content (AvgIpc) is 2.85. The van der Waals surface area contributed by atoms with E-state index >= 15 is 0 Å². The lowest BCUT2D eigenvalue weighted by atomic mass is 10.2. The minimum absolute atomic E-state index is 0.533. The van der Waals surface area contributed by atoms with E-state index in [0.29, 0.717) is 5.76 Å². The molecular weight excluding hydrogens is 348 g/mol. The van der Waals surface area contributed by atoms with Gasteiger partial charge in [0.05, 0.1) is 6.21 Å². The molecule has 0 radical (unpaired) electrons. The van der Waals surface area contributed by atoms with Gasteiger partial charge in [0.25, 0.3) is 0 Å². The number of nitrogens with one attached hydrogen (secondary N) is 1. The molecular formula is C16H17BrN2O3. The summed E-state index contributed by atoms with van der Waals surface area (Å²) < 4.78 is 11.7. The number of ether oxygens (including phenoxy) is 1. The summed E-state index contributed by atoms with van der Waals surface area (Å²) in [6.45, 7) is 5.35. The van der Waals surface area contributed by atoms with Crippen LogP contribution in [-0.4, -0.2) is 17.9 Å². The van der Waals surface area contributed by atoms with Gasteiger partial charge < -0.3 is 9.15 Å². The Morgan fingerprint density at radius 3 is 2.77 bits per heavy atom. The third-order valence-electron chi connectivity index (χ3n) is 2.48. The fourth-order valence-corrected chi connectivity index (χ4v) is 2.07. The molecule has 1 heterocycles. The summed E-state index contributed by atoms with van der Waals surface area (Å²) in [5, 5.41) is 3.80. The van der Waals surface area contributed by atoms with Crippen molar-refractivity contribution in [3.63, 3.8) is 0 Å². The first-order valence-corrected chi connectivity index (χ1v) is 7.51. The standard InChI is InChI=1S/C16H17BrN2O3/c1-16(2,3)22-15(20)19-18-10-13-7-8-14(21-13)11-5-4-6-12(17)9-11/h4-10H,1-3H3,(H,19,20)/b18-10-. The lowest BCUT2D eigenvalue weighted by molar-refractivity contribution is 0.0529. The fourth-order valence-electron chi connectivity index (χ4n) is 1.67. The van der Waals surface area contributed by atoms with Crippen LogP contribution < -0.4 is 5.43 Å². The van der Waals surface area contributed by atoms with Crippen molar-refractivity contribution in [3.05, 3.63) is 46.6 Å². The molecule has 0 atom stereocenters. The number of hydrogen-bond acceptors (Lipinski definition) is 4. The van der Waals surface area contributed by atoms with Crippen molar-refractivity contribution in [1.82, 2.24) is 5.43 Å². The van der Waals surface area contributed by atoms with E-state index in [9.17, 15) is 4.79 Å². The van der Waals surface area contributed by atoms with Gasteiger partial charge in [-0.2, -0.15) is 5.10 Å². The van der Waals surface area contributed by atoms with E-state index in [2.05, 4.69) is 26.5 Å². The van der Waals surface area contributed by atoms with Crippen LogP contribution >= 0.6 is 15.9 Å². The third kappa shape index (κ3) is 5.04. The van der Waals surface area contributed by atoms with Gasteiger partial charge in [-0.3, -0.25) is 0 Å². The van der Waals surface area contributed by atoms with Crippen molar-refractivity contribution in [2.24, 2.45) is 5.10 Å². The van der Waals surface area contributed by atoms with Gasteiger partial charge in [-0.05, 0) is 45.0 Å². The van der Waals surface area contributed by atoms with Crippen LogP contribution in [0.15, 0.2) is 50.4 Å². The highest BCUT2D eigenvalue weighted by molar-refractivity contribution is 9.10. The van der Waals surface area contributed by atoms with Crippen molar-refractivity contribution < 1.29 is 13.9 Å². The quantitative estimate of drug-likeness (QED) is 0.640. The summed E-state index contributed by atoms with van der Waals surface area (Å²) in [6, 6.07) is 11.4. The van der Waals surface area contributed by atoms with Gasteiger partial charge in [0.1, 0.15) is 17.1 Å². The molecule has 0 aliphatic carbocycles. The van der Waals surface area contributed by atoms with Gasteiger partial charge in [-0.15, -0.1) is 0 Å². The minimum atomic E-state index is -0.609. The van der Waals surface area contributed by atoms with E-state index in [1.54, 1.807) is 26.8 Å². The largest absolute Gasteiger partial charge is 0.455 e. The lowest BCUT2D eigenvalue weighted by Gasteiger charge is -2.18. The topological polar surface area (TPSA) is 63.8 Å². The molecule has 0 saturated heterocycles. The first-order valence-electron chi connectivity index (χ1n) is 6.71. The van der Waals surface area contributed by atoms with E-state index in [0.717, 1.165) is 15.8 Å². The van der Waals surface area contributed by atoms with Gasteiger partial charge in [-0.1, -0.05) is 28.1 Å². The maximum atomic E-state index is 11.4. The molecule has 5 nitrogen and oxygen atoms in total. The minimum Gasteiger partial charge on any atom is -0.455 e. The number of halogens is 1. The van der Waals surface area contributed by atoms with E-state index in [-0.39, 0.29) is 0 Å². The third-order valence-corrected chi connectivity index (χ3v) is 2.98. The molecule has 0 aliphatic rings. The molecule has 1 N–H and O–H groups in total. The van der Waals surface area contributed by atoms with Crippen LogP contribution in [0, 0.1) is 0 Å². The zero-order valence-corrected chi connectivity index (χ0v) is 14.2. The summed E-state index contributed by atoms with van der Waals surface area (Å²) in [7, 11) is 0. The SMILES string of the molecule is CC(C)(C)OC(=O)N/N=C\c1ccc(-c2cccc(Br)c2)o1. The lowest BCUT2D eigenvalue weighted by Crippen LogP contribution is -2.29. The molecule has 1 aromatic heterocycles. The van der Waals surface area contributed by atoms with Crippen LogP contribution in [0.2, 0.25) is 0 Å². The van der Waals surface area contributed by atoms with Gasteiger partial charge in [0, 0.05) is 10.0 Å². The Labute approximate surface area is 137 Å². The Bertz CT molecular complexity index is 687. The van der Waals surface area contributed by atoms with Crippen LogP contribution in [0.5, 0.6) is 0 Å². The van der Waals surface area contributed by atoms with Crippen LogP contribution in [0.3, 0.4) is 0 Å². The molecule has 6 heteroatoms. The molecule has 0 unspecified atom stereocenters. The van der Waals surface area contributed by atoms with Crippen LogP contribution in [0.25, 0.3) is 11.3 Å². The summed E-state index contributed by atoms with van der Waals surface area (Å²) in [5.74, 6) is 1.26. The van der Waals surface area contributed by atoms with E-state index in [4.69, 9.17) is 9.15 Å². The normalized spacial score (nSPS) is 11.6. The van der Waals surface area contributed by atoms with Crippen LogP contribution in [0.1, 0.15) is 26.5 Å². The second-order valence-electron chi connectivity index (χ2n) is 5.58. The molecule has 0 spiro atoms. The Morgan fingerprint density at radius 1 is 1.32 bits per heavy atom. The van der Waals surface area contributed by atoms with Gasteiger partial charge >= 0.3 is 6.09 Å². The Kier molecular flexibility index (Phi) is 5.03. The molecule has 2 aromatic rings. The fraction of sp³-hybridized carbons (Fsp3) is 0.250. The maximum Gasteiger partial charge on any atom is 0.428 e. The predicted octanol–water partition coefficient (Wildman–Crippen LogP) is 4.57. The van der Waals surface area contributed by atoms with Crippen molar-refractivity contribution >= 4 is 28.2 Å². The highest BCUT2D eigenvalue weighted by atomic mass is 79.9. The molecule has 0 bridgehead atoms. The molecule has 0 aliphatic heterocycles. The number of rotatable bonds is 3. The van der Waals surface area contributed by atoms with E-state index in [1.165, 1.54) is 6.21 Å². The van der Waals surface area contributed by atoms with Crippen molar-refractivity contribution in [3.8, 4) is 11.3 Å². The molecule has 1 amide bonds. The number of hydrogen-bond donors (Lipinski definition) is 1. The van der Waals surface area contributed by atoms with Gasteiger partial charge in [-0.25, -0.2) is 10.2 Å². The van der Waals surface area contributed by atoms with E-state index < -0.39 is 11.7 Å². The Morgan fingerprint density at radius 2 is 2.09 bits per heavy atom. The van der Waals surface area contributed by atoms with Gasteiger partial charge in [0.15, 0.2) is 0 Å². The number of carbonyl (C=O) groups is 1. The average molecular weight is 365 g/mol. The smallest absolute Gasteiger partial charge is 0.428 e. The number of carbonyl (C=O) groups excluding carboxylic acids is 1. The molecule has 116 valence electrons. The number of nitrogens with zero attached hydrogens (tertiary/aromatic N) is 1. The highest BCUT2D eigenvalue weighted by Gasteiger charge is 2.15. The predicted molar refractivity (Wildman–Crippen MR) is 88.8 cm³/mol. The molecule has 0 saturated carbocycles. The van der Waals surface area contributed by atoms with Crippen LogP contribution in [-0.2, 0) is 4.74 Å². The van der Waals surface area contributed by atoms with E-state index in [1.807, 2.05) is 30.3 Å². The molecule has 2 rings (SSSR count). The molecule has 1 aromatic carbocycles. The van der Waals surface area contributed by atoms with Crippen molar-refractivity contribution in [2.45, 2.75) is 26.4 Å². The molecule has 0 fully saturated rings. The summed E-state index contributed by atoms with van der Waals surface area (Å²) in [6.07, 6.45) is 0.813. The summed E-state index contributed by atoms with van der Waals surface area (Å²) in [4.78, 5) is 11.4. The second kappa shape index (κ2) is 6.79. The second-order valence-corrected chi connectivity index (χ2v) is 6.50. The number of furan rings is 1. The first kappa shape index (κ1) is 16.3. The van der Waals surface area contributed by atoms with Crippen molar-refractivity contribution in [2.75, 3.05) is 0 Å². The number of benzene rings is 1. The Hall–Kier alpha value is -2.08. The number of amides is 1. The van der Waals surface area contributed by atoms with Crippen molar-refractivity contribution in [1.29, 1.82) is 0 Å². The monoisotopic (exact) mass is 364 g/mol. The summed E-state index contributed by atoms with van der Waals surface area (Å²) >= 11 is 3.42. The Balaban J connectivity index is 1.98. The maximum absolute atomic E-state index is 11.4.